The van der Waals surface area contributed by atoms with Crippen LogP contribution in [0, 0.1) is 17.8 Å². The monoisotopic (exact) mass is 841 g/mol. The summed E-state index contributed by atoms with van der Waals surface area (Å²) >= 11 is 0. The van der Waals surface area contributed by atoms with Gasteiger partial charge >= 0.3 is 14.2 Å². The summed E-state index contributed by atoms with van der Waals surface area (Å²) in [5.41, 5.74) is 11.7. The van der Waals surface area contributed by atoms with Crippen molar-refractivity contribution in [2.75, 3.05) is 5.75 Å². The molecule has 0 bridgehead atoms. The molecule has 6 aromatic rings. The SMILES string of the molecule is C.NC1CC(C2=CB(O)Oc3cnc4[nH]ccc4c32)C1.O=S(=O)(CC1CC(C2=CB(O)Oc3cnc4[nH]ccc4c32)C1)c1ccccc1.O=S(=O)(Cl)c1ccccc1. The van der Waals surface area contributed by atoms with Crippen LogP contribution in [-0.2, 0) is 18.9 Å². The van der Waals surface area contributed by atoms with E-state index in [1.807, 2.05) is 30.6 Å². The van der Waals surface area contributed by atoms with Gasteiger partial charge in [0.05, 0.1) is 27.9 Å². The van der Waals surface area contributed by atoms with Crippen LogP contribution in [0.2, 0.25) is 0 Å². The van der Waals surface area contributed by atoms with Gasteiger partial charge in [0, 0.05) is 51.0 Å². The fourth-order valence-corrected chi connectivity index (χ4v) is 10.3. The number of hydrogen-bond acceptors (Lipinski definition) is 11. The smallest absolute Gasteiger partial charge is 0.531 e. The van der Waals surface area contributed by atoms with E-state index in [0.29, 0.717) is 22.3 Å². The van der Waals surface area contributed by atoms with Crippen LogP contribution in [0.5, 0.6) is 11.5 Å². The highest BCUT2D eigenvalue weighted by Crippen LogP contribution is 2.49. The Kier molecular flexibility index (Phi) is 11.9. The van der Waals surface area contributed by atoms with Gasteiger partial charge in [0.25, 0.3) is 9.05 Å². The quantitative estimate of drug-likeness (QED) is 0.0941. The van der Waals surface area contributed by atoms with E-state index in [9.17, 15) is 26.9 Å². The topological polar surface area (TPSA) is 211 Å². The van der Waals surface area contributed by atoms with Crippen LogP contribution < -0.4 is 15.0 Å². The van der Waals surface area contributed by atoms with Crippen LogP contribution in [0.25, 0.3) is 33.2 Å². The van der Waals surface area contributed by atoms with Crippen molar-refractivity contribution in [2.24, 2.45) is 23.5 Å². The van der Waals surface area contributed by atoms with Gasteiger partial charge in [-0.3, -0.25) is 0 Å². The molecular weight excluding hydrogens is 800 g/mol. The minimum atomic E-state index is -3.53. The molecule has 4 aromatic heterocycles. The molecule has 10 rings (SSSR count). The molecule has 13 nitrogen and oxygen atoms in total. The molecule has 2 saturated carbocycles. The Labute approximate surface area is 342 Å². The number of aromatic amines is 2. The first-order chi connectivity index (χ1) is 27.3. The van der Waals surface area contributed by atoms with Crippen molar-refractivity contribution >= 4 is 77.0 Å². The second kappa shape index (κ2) is 16.8. The van der Waals surface area contributed by atoms with Gasteiger partial charge < -0.3 is 35.1 Å². The molecule has 58 heavy (non-hydrogen) atoms. The maximum absolute atomic E-state index is 12.6. The van der Waals surface area contributed by atoms with Crippen molar-refractivity contribution in [1.82, 2.24) is 19.9 Å². The molecule has 300 valence electrons. The average Bonchev–Trinajstić information content (AvgIpc) is 3.85. The van der Waals surface area contributed by atoms with Gasteiger partial charge in [-0.1, -0.05) is 43.8 Å². The Balaban J connectivity index is 0.000000147. The average molecular weight is 842 g/mol. The second-order valence-corrected chi connectivity index (χ2v) is 19.1. The molecule has 2 fully saturated rings. The number of pyridine rings is 2. The zero-order chi connectivity index (χ0) is 39.9. The number of halogens is 1. The number of nitrogens with zero attached hydrogens (tertiary/aromatic N) is 2. The Morgan fingerprint density at radius 1 is 0.707 bits per heavy atom. The normalized spacial score (nSPS) is 20.8. The lowest BCUT2D eigenvalue weighted by atomic mass is 9.66. The number of sulfone groups is 1. The zero-order valence-electron chi connectivity index (χ0n) is 30.4. The van der Waals surface area contributed by atoms with E-state index in [-0.39, 0.29) is 36.0 Å². The minimum absolute atomic E-state index is 0. The molecule has 6 N–H and O–H groups in total. The summed E-state index contributed by atoms with van der Waals surface area (Å²) in [6, 6.07) is 20.7. The number of H-pyrrole nitrogens is 2. The van der Waals surface area contributed by atoms with Crippen molar-refractivity contribution in [1.29, 1.82) is 0 Å². The highest BCUT2D eigenvalue weighted by Gasteiger charge is 2.40. The third kappa shape index (κ3) is 8.60. The molecule has 6 heterocycles. The lowest BCUT2D eigenvalue weighted by Gasteiger charge is -2.38. The van der Waals surface area contributed by atoms with Gasteiger partial charge in [-0.15, -0.1) is 0 Å². The number of nitrogens with two attached hydrogens (primary N) is 1. The number of rotatable bonds is 6. The highest BCUT2D eigenvalue weighted by atomic mass is 35.7. The first-order valence-electron chi connectivity index (χ1n) is 18.4. The van der Waals surface area contributed by atoms with Crippen molar-refractivity contribution < 1.29 is 36.2 Å². The Morgan fingerprint density at radius 3 is 1.59 bits per heavy atom. The number of fused-ring (bicyclic) bond motifs is 6. The van der Waals surface area contributed by atoms with Crippen molar-refractivity contribution in [3.05, 3.63) is 121 Å². The maximum atomic E-state index is 12.6. The zero-order valence-corrected chi connectivity index (χ0v) is 32.8. The summed E-state index contributed by atoms with van der Waals surface area (Å²) < 4.78 is 57.4. The molecule has 0 atom stereocenters. The molecule has 0 radical (unpaired) electrons. The van der Waals surface area contributed by atoms with Crippen LogP contribution in [0.4, 0.5) is 0 Å². The standard InChI is InChI=1S/C20H19BN2O4S.C13H14BN3O2.C6H5ClO2S.CH4/c24-21-10-17(19-16-6-7-22-20(16)23-11-18(19)27-21)14-8-13(9-14)12-28(25,26)15-4-2-1-3-5-15;15-8-3-7(4-8)10-5-14(18)19-11-6-17-13-9(12(10)11)1-2-16-13;7-10(8,9)6-4-2-1-3-5-6;/h1-7,10-11,13-14,24H,8-9,12H2,(H,22,23);1-2,5-8,18H,3-4,15H2,(H,16,17);1-5H;1H4. The third-order valence-corrected chi connectivity index (χ3v) is 14.0. The van der Waals surface area contributed by atoms with E-state index in [0.717, 1.165) is 70.0 Å². The first-order valence-corrected chi connectivity index (χ1v) is 22.4. The Hall–Kier alpha value is -4.90. The van der Waals surface area contributed by atoms with E-state index in [1.54, 1.807) is 66.8 Å². The van der Waals surface area contributed by atoms with Crippen molar-refractivity contribution in [2.45, 2.75) is 48.9 Å². The van der Waals surface area contributed by atoms with E-state index in [1.165, 1.54) is 12.1 Å². The summed E-state index contributed by atoms with van der Waals surface area (Å²) in [5, 5.41) is 21.9. The van der Waals surface area contributed by atoms with Gasteiger partial charge in [0.1, 0.15) is 22.8 Å². The van der Waals surface area contributed by atoms with Gasteiger partial charge in [-0.2, -0.15) is 0 Å². The fraction of sp³-hybridized carbons (Fsp3) is 0.250. The van der Waals surface area contributed by atoms with Crippen molar-refractivity contribution in [3.8, 4) is 11.5 Å². The fourth-order valence-electron chi connectivity index (χ4n) is 7.89. The van der Waals surface area contributed by atoms with E-state index >= 15 is 0 Å². The van der Waals surface area contributed by atoms with E-state index in [2.05, 4.69) is 19.9 Å². The van der Waals surface area contributed by atoms with Crippen LogP contribution in [-0.4, -0.2) is 72.9 Å². The molecular formula is C40H42B2ClN5O8S2. The summed E-state index contributed by atoms with van der Waals surface area (Å²) in [7, 11) is -3.68. The number of nitrogens with one attached hydrogen (secondary N) is 2. The maximum Gasteiger partial charge on any atom is 0.552 e. The van der Waals surface area contributed by atoms with E-state index < -0.39 is 33.1 Å². The van der Waals surface area contributed by atoms with E-state index in [4.69, 9.17) is 25.7 Å². The lowest BCUT2D eigenvalue weighted by molar-refractivity contribution is 0.273. The Morgan fingerprint density at radius 2 is 1.16 bits per heavy atom. The molecule has 0 spiro atoms. The molecule has 0 unspecified atom stereocenters. The number of aromatic nitrogens is 4. The molecule has 0 saturated heterocycles. The molecule has 4 aliphatic rings. The largest absolute Gasteiger partial charge is 0.552 e. The predicted molar refractivity (Wildman–Crippen MR) is 227 cm³/mol. The molecule has 2 aliphatic carbocycles. The summed E-state index contributed by atoms with van der Waals surface area (Å²) in [6.45, 7) is 0. The van der Waals surface area contributed by atoms with Crippen LogP contribution in [0.3, 0.4) is 0 Å². The third-order valence-electron chi connectivity index (χ3n) is 10.7. The summed E-state index contributed by atoms with van der Waals surface area (Å²) in [5.74, 6) is 5.63. The minimum Gasteiger partial charge on any atom is -0.531 e. The van der Waals surface area contributed by atoms with Gasteiger partial charge in [-0.25, -0.2) is 26.8 Å². The van der Waals surface area contributed by atoms with Gasteiger partial charge in [0.2, 0.25) is 0 Å². The highest BCUT2D eigenvalue weighted by molar-refractivity contribution is 8.13. The second-order valence-electron chi connectivity index (χ2n) is 14.5. The molecule has 0 amide bonds. The summed E-state index contributed by atoms with van der Waals surface area (Å²) in [6.07, 6.45) is 10.5. The molecule has 2 aliphatic heterocycles. The Bertz CT molecular complexity index is 2700. The molecule has 18 heteroatoms. The van der Waals surface area contributed by atoms with Crippen LogP contribution >= 0.6 is 10.7 Å². The number of benzene rings is 2. The lowest BCUT2D eigenvalue weighted by Crippen LogP contribution is -2.38. The van der Waals surface area contributed by atoms with Gasteiger partial charge in [-0.05, 0) is 103 Å². The van der Waals surface area contributed by atoms with Crippen molar-refractivity contribution in [3.63, 3.8) is 0 Å². The van der Waals surface area contributed by atoms with Crippen LogP contribution in [0.1, 0.15) is 44.2 Å². The number of allylic oxidation sites excluding steroid dienone is 2. The predicted octanol–water partition coefficient (Wildman–Crippen LogP) is 6.20. The number of hydrogen-bond donors (Lipinski definition) is 5. The summed E-state index contributed by atoms with van der Waals surface area (Å²) in [4.78, 5) is 15.3. The van der Waals surface area contributed by atoms with Crippen LogP contribution in [0.15, 0.2) is 119 Å². The van der Waals surface area contributed by atoms with Gasteiger partial charge in [0.15, 0.2) is 9.84 Å². The first kappa shape index (κ1) is 41.3. The molecule has 2 aromatic carbocycles.